The minimum Gasteiger partial charge on any atom is -0.392 e. The molecule has 0 amide bonds. The molecular formula is C7H13NO. The molecule has 1 rings (SSSR count). The first-order valence-electron chi connectivity index (χ1n) is 3.29. The van der Waals surface area contributed by atoms with E-state index in [9.17, 15) is 0 Å². The molecule has 1 fully saturated rings. The maximum atomic E-state index is 5.18. The summed E-state index contributed by atoms with van der Waals surface area (Å²) < 4.78 is 5.18. The van der Waals surface area contributed by atoms with Crippen LogP contribution in [0.3, 0.4) is 0 Å². The molecule has 0 radical (unpaired) electrons. The molecule has 1 saturated heterocycles. The predicted octanol–water partition coefficient (Wildman–Crippen LogP) is 0.756. The van der Waals surface area contributed by atoms with Crippen molar-refractivity contribution in [2.45, 2.75) is 6.42 Å². The molecule has 1 N–H and O–H groups in total. The van der Waals surface area contributed by atoms with E-state index in [1.54, 1.807) is 0 Å². The topological polar surface area (TPSA) is 21.3 Å². The summed E-state index contributed by atoms with van der Waals surface area (Å²) in [4.78, 5) is 0. The van der Waals surface area contributed by atoms with Gasteiger partial charge in [0.1, 0.15) is 0 Å². The van der Waals surface area contributed by atoms with Crippen LogP contribution in [-0.2, 0) is 4.74 Å². The van der Waals surface area contributed by atoms with Crippen molar-refractivity contribution < 1.29 is 4.74 Å². The summed E-state index contributed by atoms with van der Waals surface area (Å²) in [6, 6.07) is 0. The summed E-state index contributed by atoms with van der Waals surface area (Å²) in [5, 5.41) is 3.03. The lowest BCUT2D eigenvalue weighted by atomic mass is 10.1. The van der Waals surface area contributed by atoms with E-state index in [0.29, 0.717) is 5.92 Å². The average Bonchev–Trinajstić information content (AvgIpc) is 2.37. The Balaban J connectivity index is 2.32. The van der Waals surface area contributed by atoms with Crippen LogP contribution in [-0.4, -0.2) is 20.3 Å². The standard InChI is InChI=1S/C7H13NO/c1-6(8-2)7-3-4-9-5-7/h7-8H,1,3-5H2,2H3. The fraction of sp³-hybridized carbons (Fsp3) is 0.714. The van der Waals surface area contributed by atoms with Crippen molar-refractivity contribution in [2.75, 3.05) is 20.3 Å². The molecule has 0 aliphatic carbocycles. The summed E-state index contributed by atoms with van der Waals surface area (Å²) in [5.74, 6) is 0.551. The number of rotatable bonds is 2. The molecule has 9 heavy (non-hydrogen) atoms. The Morgan fingerprint density at radius 2 is 2.56 bits per heavy atom. The summed E-state index contributed by atoms with van der Waals surface area (Å²) in [5.41, 5.74) is 1.10. The van der Waals surface area contributed by atoms with Gasteiger partial charge in [0.05, 0.1) is 6.61 Å². The van der Waals surface area contributed by atoms with E-state index in [1.807, 2.05) is 7.05 Å². The van der Waals surface area contributed by atoms with Crippen LogP contribution in [0.5, 0.6) is 0 Å². The fourth-order valence-corrected chi connectivity index (χ4v) is 1.01. The zero-order chi connectivity index (χ0) is 6.69. The second kappa shape index (κ2) is 2.87. The molecule has 0 bridgehead atoms. The van der Waals surface area contributed by atoms with Gasteiger partial charge in [0, 0.05) is 25.3 Å². The Morgan fingerprint density at radius 1 is 1.78 bits per heavy atom. The third-order valence-corrected chi connectivity index (χ3v) is 1.74. The molecule has 1 aliphatic heterocycles. The van der Waals surface area contributed by atoms with E-state index in [1.165, 1.54) is 0 Å². The van der Waals surface area contributed by atoms with E-state index in [4.69, 9.17) is 4.74 Å². The Hall–Kier alpha value is -0.500. The van der Waals surface area contributed by atoms with Gasteiger partial charge >= 0.3 is 0 Å². The Bertz CT molecular complexity index is 105. The van der Waals surface area contributed by atoms with Crippen LogP contribution in [0, 0.1) is 5.92 Å². The molecule has 2 heteroatoms. The van der Waals surface area contributed by atoms with Crippen molar-refractivity contribution in [1.29, 1.82) is 0 Å². The first-order valence-corrected chi connectivity index (χ1v) is 3.29. The second-order valence-corrected chi connectivity index (χ2v) is 2.34. The van der Waals surface area contributed by atoms with E-state index in [0.717, 1.165) is 25.3 Å². The summed E-state index contributed by atoms with van der Waals surface area (Å²) in [6.07, 6.45) is 1.12. The Labute approximate surface area is 55.9 Å². The minimum atomic E-state index is 0.551. The van der Waals surface area contributed by atoms with Gasteiger partial charge in [0.25, 0.3) is 0 Å². The maximum absolute atomic E-state index is 5.18. The lowest BCUT2D eigenvalue weighted by Crippen LogP contribution is -2.14. The average molecular weight is 127 g/mol. The summed E-state index contributed by atoms with van der Waals surface area (Å²) >= 11 is 0. The van der Waals surface area contributed by atoms with Gasteiger partial charge in [-0.2, -0.15) is 0 Å². The van der Waals surface area contributed by atoms with Gasteiger partial charge in [0.2, 0.25) is 0 Å². The lowest BCUT2D eigenvalue weighted by Gasteiger charge is -2.09. The minimum absolute atomic E-state index is 0.551. The van der Waals surface area contributed by atoms with Crippen molar-refractivity contribution in [2.24, 2.45) is 5.92 Å². The van der Waals surface area contributed by atoms with Gasteiger partial charge in [-0.1, -0.05) is 6.58 Å². The number of hydrogen-bond donors (Lipinski definition) is 1. The highest BCUT2D eigenvalue weighted by Crippen LogP contribution is 2.17. The third-order valence-electron chi connectivity index (χ3n) is 1.74. The fourth-order valence-electron chi connectivity index (χ4n) is 1.01. The zero-order valence-corrected chi connectivity index (χ0v) is 5.81. The van der Waals surface area contributed by atoms with Crippen LogP contribution in [0.1, 0.15) is 6.42 Å². The number of ether oxygens (including phenoxy) is 1. The van der Waals surface area contributed by atoms with Crippen molar-refractivity contribution in [3.63, 3.8) is 0 Å². The molecule has 0 spiro atoms. The van der Waals surface area contributed by atoms with Gasteiger partial charge in [-0.15, -0.1) is 0 Å². The number of hydrogen-bond acceptors (Lipinski definition) is 2. The van der Waals surface area contributed by atoms with Gasteiger partial charge in [0.15, 0.2) is 0 Å². The van der Waals surface area contributed by atoms with Crippen molar-refractivity contribution >= 4 is 0 Å². The van der Waals surface area contributed by atoms with Crippen molar-refractivity contribution in [3.05, 3.63) is 12.3 Å². The molecule has 0 saturated carbocycles. The second-order valence-electron chi connectivity index (χ2n) is 2.34. The largest absolute Gasteiger partial charge is 0.392 e. The monoisotopic (exact) mass is 127 g/mol. The maximum Gasteiger partial charge on any atom is 0.0549 e. The predicted molar refractivity (Wildman–Crippen MR) is 37.1 cm³/mol. The Morgan fingerprint density at radius 3 is 3.00 bits per heavy atom. The van der Waals surface area contributed by atoms with Crippen molar-refractivity contribution in [1.82, 2.24) is 5.32 Å². The highest BCUT2D eigenvalue weighted by molar-refractivity contribution is 4.98. The molecule has 1 aliphatic rings. The van der Waals surface area contributed by atoms with Crippen LogP contribution in [0.4, 0.5) is 0 Å². The highest BCUT2D eigenvalue weighted by Gasteiger charge is 2.16. The highest BCUT2D eigenvalue weighted by atomic mass is 16.5. The molecule has 0 aromatic rings. The first-order chi connectivity index (χ1) is 4.34. The summed E-state index contributed by atoms with van der Waals surface area (Å²) in [7, 11) is 1.90. The lowest BCUT2D eigenvalue weighted by molar-refractivity contribution is 0.189. The van der Waals surface area contributed by atoms with E-state index < -0.39 is 0 Å². The normalized spacial score (nSPS) is 26.1. The summed E-state index contributed by atoms with van der Waals surface area (Å²) in [6.45, 7) is 5.61. The van der Waals surface area contributed by atoms with Crippen LogP contribution >= 0.6 is 0 Å². The molecule has 2 nitrogen and oxygen atoms in total. The van der Waals surface area contributed by atoms with E-state index in [2.05, 4.69) is 11.9 Å². The van der Waals surface area contributed by atoms with Gasteiger partial charge in [-0.05, 0) is 6.42 Å². The van der Waals surface area contributed by atoms with Gasteiger partial charge in [-0.3, -0.25) is 0 Å². The van der Waals surface area contributed by atoms with E-state index in [-0.39, 0.29) is 0 Å². The first kappa shape index (κ1) is 6.62. The zero-order valence-electron chi connectivity index (χ0n) is 5.81. The molecule has 0 aromatic carbocycles. The van der Waals surface area contributed by atoms with E-state index >= 15 is 0 Å². The van der Waals surface area contributed by atoms with Gasteiger partial charge < -0.3 is 10.1 Å². The van der Waals surface area contributed by atoms with Crippen LogP contribution in [0.15, 0.2) is 12.3 Å². The van der Waals surface area contributed by atoms with Crippen LogP contribution in [0.2, 0.25) is 0 Å². The molecule has 52 valence electrons. The quantitative estimate of drug-likeness (QED) is 0.591. The van der Waals surface area contributed by atoms with Crippen LogP contribution < -0.4 is 5.32 Å². The molecule has 0 aromatic heterocycles. The Kier molecular flexibility index (Phi) is 2.11. The molecule has 1 unspecified atom stereocenters. The van der Waals surface area contributed by atoms with Gasteiger partial charge in [-0.25, -0.2) is 0 Å². The number of nitrogens with one attached hydrogen (secondary N) is 1. The molecular weight excluding hydrogens is 114 g/mol. The van der Waals surface area contributed by atoms with Crippen molar-refractivity contribution in [3.8, 4) is 0 Å². The SMILES string of the molecule is C=C(NC)C1CCOC1. The molecule has 1 heterocycles. The third kappa shape index (κ3) is 1.45. The van der Waals surface area contributed by atoms with Crippen LogP contribution in [0.25, 0.3) is 0 Å². The molecule has 1 atom stereocenters. The smallest absolute Gasteiger partial charge is 0.0549 e.